The fraction of sp³-hybridized carbons (Fsp3) is 0.333. The molecule has 1 heterocycles. The minimum Gasteiger partial charge on any atom is -0.309 e. The largest absolute Gasteiger partial charge is 0.309 e. The van der Waals surface area contributed by atoms with E-state index in [2.05, 4.69) is 68.0 Å². The van der Waals surface area contributed by atoms with Crippen molar-refractivity contribution in [3.8, 4) is 5.69 Å². The van der Waals surface area contributed by atoms with Crippen LogP contribution in [0.5, 0.6) is 0 Å². The molecular formula is C12H14BrIN4. The standard InChI is InChI=1S/C12H14BrIN4/c1-8(2)15-6-10-7-18(17-16-10)12-5-9(13)3-4-11(12)14/h3-5,7-8,15H,6H2,1-2H3. The molecule has 0 aliphatic rings. The van der Waals surface area contributed by atoms with Crippen LogP contribution < -0.4 is 5.32 Å². The summed E-state index contributed by atoms with van der Waals surface area (Å²) in [5, 5.41) is 11.7. The van der Waals surface area contributed by atoms with E-state index in [-0.39, 0.29) is 0 Å². The summed E-state index contributed by atoms with van der Waals surface area (Å²) in [6, 6.07) is 6.55. The van der Waals surface area contributed by atoms with Gasteiger partial charge < -0.3 is 5.32 Å². The molecule has 0 amide bonds. The second-order valence-electron chi connectivity index (χ2n) is 4.29. The molecule has 0 fully saturated rings. The molecule has 0 aliphatic carbocycles. The third-order valence-corrected chi connectivity index (χ3v) is 3.79. The first-order chi connectivity index (χ1) is 8.56. The van der Waals surface area contributed by atoms with Crippen molar-refractivity contribution >= 4 is 38.5 Å². The van der Waals surface area contributed by atoms with Crippen molar-refractivity contribution in [1.82, 2.24) is 20.3 Å². The summed E-state index contributed by atoms with van der Waals surface area (Å²) in [4.78, 5) is 0. The minimum absolute atomic E-state index is 0.446. The van der Waals surface area contributed by atoms with E-state index in [9.17, 15) is 0 Å². The fourth-order valence-electron chi connectivity index (χ4n) is 1.47. The van der Waals surface area contributed by atoms with E-state index in [1.54, 1.807) is 0 Å². The van der Waals surface area contributed by atoms with Gasteiger partial charge in [-0.2, -0.15) is 0 Å². The number of hydrogen-bond acceptors (Lipinski definition) is 3. The van der Waals surface area contributed by atoms with E-state index in [1.807, 2.05) is 29.1 Å². The summed E-state index contributed by atoms with van der Waals surface area (Å²) in [7, 11) is 0. The molecule has 0 saturated carbocycles. The highest BCUT2D eigenvalue weighted by Gasteiger charge is 2.07. The van der Waals surface area contributed by atoms with Gasteiger partial charge >= 0.3 is 0 Å². The Kier molecular flexibility index (Phi) is 4.74. The molecule has 1 aromatic carbocycles. The maximum atomic E-state index is 4.17. The van der Waals surface area contributed by atoms with Crippen molar-refractivity contribution in [2.45, 2.75) is 26.4 Å². The highest BCUT2D eigenvalue weighted by atomic mass is 127. The van der Waals surface area contributed by atoms with E-state index in [4.69, 9.17) is 0 Å². The molecule has 0 bridgehead atoms. The Bertz CT molecular complexity index is 539. The smallest absolute Gasteiger partial charge is 0.0969 e. The first kappa shape index (κ1) is 14.0. The molecule has 0 radical (unpaired) electrons. The second-order valence-corrected chi connectivity index (χ2v) is 6.36. The third kappa shape index (κ3) is 3.52. The van der Waals surface area contributed by atoms with Crippen molar-refractivity contribution in [1.29, 1.82) is 0 Å². The Labute approximate surface area is 128 Å². The van der Waals surface area contributed by atoms with E-state index in [1.165, 1.54) is 0 Å². The summed E-state index contributed by atoms with van der Waals surface area (Å²) in [6.45, 7) is 4.96. The topological polar surface area (TPSA) is 42.7 Å². The lowest BCUT2D eigenvalue weighted by Gasteiger charge is -2.05. The van der Waals surface area contributed by atoms with Crippen LogP contribution in [-0.4, -0.2) is 21.0 Å². The van der Waals surface area contributed by atoms with Crippen molar-refractivity contribution in [3.63, 3.8) is 0 Å². The monoisotopic (exact) mass is 420 g/mol. The average molecular weight is 421 g/mol. The van der Waals surface area contributed by atoms with Crippen LogP contribution in [0.2, 0.25) is 0 Å². The molecule has 0 spiro atoms. The molecule has 0 aliphatic heterocycles. The van der Waals surface area contributed by atoms with Gasteiger partial charge in [0.2, 0.25) is 0 Å². The zero-order valence-corrected chi connectivity index (χ0v) is 13.9. The molecule has 4 nitrogen and oxygen atoms in total. The summed E-state index contributed by atoms with van der Waals surface area (Å²) in [5.41, 5.74) is 1.98. The average Bonchev–Trinajstić information content (AvgIpc) is 2.78. The van der Waals surface area contributed by atoms with Crippen LogP contribution in [0.25, 0.3) is 5.69 Å². The highest BCUT2D eigenvalue weighted by molar-refractivity contribution is 14.1. The molecule has 96 valence electrons. The molecule has 2 rings (SSSR count). The predicted molar refractivity (Wildman–Crippen MR) is 83.8 cm³/mol. The lowest BCUT2D eigenvalue weighted by Crippen LogP contribution is -2.21. The second kappa shape index (κ2) is 6.12. The van der Waals surface area contributed by atoms with Gasteiger partial charge in [-0.25, -0.2) is 4.68 Å². The molecule has 1 aromatic heterocycles. The Morgan fingerprint density at radius 1 is 1.44 bits per heavy atom. The van der Waals surface area contributed by atoms with Gasteiger partial charge in [0, 0.05) is 20.6 Å². The van der Waals surface area contributed by atoms with Crippen molar-refractivity contribution < 1.29 is 0 Å². The minimum atomic E-state index is 0.446. The predicted octanol–water partition coefficient (Wildman–Crippen LogP) is 3.13. The molecule has 0 atom stereocenters. The zero-order chi connectivity index (χ0) is 13.1. The summed E-state index contributed by atoms with van der Waals surface area (Å²) in [6.07, 6.45) is 1.96. The zero-order valence-electron chi connectivity index (χ0n) is 10.2. The molecular weight excluding hydrogens is 407 g/mol. The van der Waals surface area contributed by atoms with Gasteiger partial charge in [0.05, 0.1) is 17.6 Å². The van der Waals surface area contributed by atoms with Gasteiger partial charge in [-0.05, 0) is 40.8 Å². The van der Waals surface area contributed by atoms with Gasteiger partial charge in [0.25, 0.3) is 0 Å². The SMILES string of the molecule is CC(C)NCc1cn(-c2cc(Br)ccc2I)nn1. The van der Waals surface area contributed by atoms with Gasteiger partial charge in [-0.15, -0.1) is 5.10 Å². The number of benzene rings is 1. The fourth-order valence-corrected chi connectivity index (χ4v) is 2.40. The molecule has 6 heteroatoms. The quantitative estimate of drug-likeness (QED) is 0.772. The number of hydrogen-bond donors (Lipinski definition) is 1. The summed E-state index contributed by atoms with van der Waals surface area (Å²) < 4.78 is 3.99. The van der Waals surface area contributed by atoms with Crippen LogP contribution in [0.3, 0.4) is 0 Å². The summed E-state index contributed by atoms with van der Waals surface area (Å²) in [5.74, 6) is 0. The molecule has 18 heavy (non-hydrogen) atoms. The molecule has 2 aromatic rings. The lowest BCUT2D eigenvalue weighted by atomic mass is 10.3. The van der Waals surface area contributed by atoms with Gasteiger partial charge in [0.15, 0.2) is 0 Å². The van der Waals surface area contributed by atoms with Crippen LogP contribution in [0.4, 0.5) is 0 Å². The Hall–Kier alpha value is -0.470. The Balaban J connectivity index is 2.21. The van der Waals surface area contributed by atoms with Crippen LogP contribution in [0, 0.1) is 3.57 Å². The maximum Gasteiger partial charge on any atom is 0.0969 e. The third-order valence-electron chi connectivity index (χ3n) is 2.39. The van der Waals surface area contributed by atoms with E-state index in [0.717, 1.165) is 26.0 Å². The van der Waals surface area contributed by atoms with Gasteiger partial charge in [0.1, 0.15) is 0 Å². The van der Waals surface area contributed by atoms with Crippen LogP contribution in [0.15, 0.2) is 28.9 Å². The summed E-state index contributed by atoms with van der Waals surface area (Å²) >= 11 is 5.77. The molecule has 1 N–H and O–H groups in total. The van der Waals surface area contributed by atoms with E-state index in [0.29, 0.717) is 6.04 Å². The number of rotatable bonds is 4. The van der Waals surface area contributed by atoms with Crippen LogP contribution >= 0.6 is 38.5 Å². The van der Waals surface area contributed by atoms with Crippen LogP contribution in [-0.2, 0) is 6.54 Å². The number of halogens is 2. The van der Waals surface area contributed by atoms with Crippen molar-refractivity contribution in [3.05, 3.63) is 38.1 Å². The van der Waals surface area contributed by atoms with Gasteiger partial charge in [-0.3, -0.25) is 0 Å². The van der Waals surface area contributed by atoms with Crippen molar-refractivity contribution in [2.24, 2.45) is 0 Å². The lowest BCUT2D eigenvalue weighted by molar-refractivity contribution is 0.580. The van der Waals surface area contributed by atoms with Crippen LogP contribution in [0.1, 0.15) is 19.5 Å². The number of aromatic nitrogens is 3. The van der Waals surface area contributed by atoms with Gasteiger partial charge in [-0.1, -0.05) is 35.0 Å². The highest BCUT2D eigenvalue weighted by Crippen LogP contribution is 2.21. The number of nitrogens with zero attached hydrogens (tertiary/aromatic N) is 3. The molecule has 0 unspecified atom stereocenters. The number of nitrogens with one attached hydrogen (secondary N) is 1. The van der Waals surface area contributed by atoms with Crippen molar-refractivity contribution in [2.75, 3.05) is 0 Å². The Morgan fingerprint density at radius 2 is 2.22 bits per heavy atom. The first-order valence-electron chi connectivity index (χ1n) is 5.66. The maximum absolute atomic E-state index is 4.17. The molecule has 0 saturated heterocycles. The Morgan fingerprint density at radius 3 is 2.94 bits per heavy atom. The van der Waals surface area contributed by atoms with E-state index < -0.39 is 0 Å². The van der Waals surface area contributed by atoms with E-state index >= 15 is 0 Å². The first-order valence-corrected chi connectivity index (χ1v) is 7.53. The normalized spacial score (nSPS) is 11.2.